The van der Waals surface area contributed by atoms with Crippen molar-refractivity contribution in [1.29, 1.82) is 0 Å². The van der Waals surface area contributed by atoms with Crippen molar-refractivity contribution >= 4 is 54.7 Å². The first-order valence-electron chi connectivity index (χ1n) is 19.1. The Kier molecular flexibility index (Phi) is 7.59. The minimum absolute atomic E-state index is 0.111. The van der Waals surface area contributed by atoms with Gasteiger partial charge < -0.3 is 10.3 Å². The molecule has 7 aromatic carbocycles. The highest BCUT2D eigenvalue weighted by Crippen LogP contribution is 2.44. The number of benzene rings is 7. The van der Waals surface area contributed by atoms with E-state index in [1.165, 1.54) is 0 Å². The van der Waals surface area contributed by atoms with Crippen LogP contribution in [0.3, 0.4) is 0 Å². The number of hydroxylamine groups is 6. The Hall–Kier alpha value is -5.80. The molecule has 280 valence electrons. The first-order chi connectivity index (χ1) is 26.5. The summed E-state index contributed by atoms with van der Waals surface area (Å²) in [6.07, 6.45) is 0. The molecule has 56 heavy (non-hydrogen) atoms. The molecular formula is C48H44N4O4. The second-order valence-electron chi connectivity index (χ2n) is 17.5. The maximum atomic E-state index is 13.6. The highest BCUT2D eigenvalue weighted by molar-refractivity contribution is 6.09. The topological polar surface area (TPSA) is 92.7 Å². The number of nitroso groups, excluding NO2 is 1. The predicted octanol–water partition coefficient (Wildman–Crippen LogP) is 9.02. The van der Waals surface area contributed by atoms with Crippen LogP contribution >= 0.6 is 0 Å². The van der Waals surface area contributed by atoms with Gasteiger partial charge in [-0.1, -0.05) is 100 Å². The van der Waals surface area contributed by atoms with Crippen molar-refractivity contribution in [2.45, 2.75) is 77.5 Å². The number of hydrogen-bond acceptors (Lipinski definition) is 5. The third-order valence-electron chi connectivity index (χ3n) is 13.5. The van der Waals surface area contributed by atoms with Crippen molar-refractivity contribution in [2.24, 2.45) is 0 Å². The van der Waals surface area contributed by atoms with Crippen LogP contribution < -0.4 is 10.4 Å². The van der Waals surface area contributed by atoms with Crippen LogP contribution in [0.1, 0.15) is 55.4 Å². The Balaban J connectivity index is 1.46. The van der Waals surface area contributed by atoms with Crippen molar-refractivity contribution in [3.63, 3.8) is 0 Å². The molecule has 0 bridgehead atoms. The van der Waals surface area contributed by atoms with Gasteiger partial charge in [0.2, 0.25) is 0 Å². The van der Waals surface area contributed by atoms with Gasteiger partial charge in [-0.2, -0.15) is 5.06 Å². The predicted molar refractivity (Wildman–Crippen MR) is 221 cm³/mol. The zero-order chi connectivity index (χ0) is 39.7. The van der Waals surface area contributed by atoms with E-state index in [4.69, 9.17) is 0 Å². The molecule has 0 amide bonds. The Bertz CT molecular complexity index is 3020. The fraction of sp³-hybridized carbons (Fsp3) is 0.250. The van der Waals surface area contributed by atoms with Crippen molar-refractivity contribution in [2.75, 3.05) is 0 Å². The molecule has 7 aromatic rings. The average molecular weight is 741 g/mol. The molecule has 2 fully saturated rings. The molecule has 0 aromatic heterocycles. The van der Waals surface area contributed by atoms with E-state index in [1.807, 2.05) is 72.8 Å². The number of fused-ring (bicyclic) bond motifs is 4. The number of rotatable bonds is 0. The fourth-order valence-corrected chi connectivity index (χ4v) is 8.48. The summed E-state index contributed by atoms with van der Waals surface area (Å²) in [6, 6.07) is 41.3. The summed E-state index contributed by atoms with van der Waals surface area (Å²) >= 11 is 0. The molecule has 2 saturated heterocycles. The lowest BCUT2D eigenvalue weighted by Crippen LogP contribution is -2.51. The third kappa shape index (κ3) is 4.76. The van der Waals surface area contributed by atoms with Crippen LogP contribution in [0.25, 0.3) is 54.7 Å². The van der Waals surface area contributed by atoms with Crippen molar-refractivity contribution in [3.05, 3.63) is 163 Å². The lowest BCUT2D eigenvalue weighted by molar-refractivity contribution is -0.532. The second-order valence-corrected chi connectivity index (χ2v) is 17.5. The van der Waals surface area contributed by atoms with E-state index < -0.39 is 22.2 Å². The van der Waals surface area contributed by atoms with Crippen LogP contribution in [0, 0.1) is 31.0 Å². The molecule has 8 heteroatoms. The first kappa shape index (κ1) is 35.9. The van der Waals surface area contributed by atoms with Gasteiger partial charge >= 0.3 is 5.82 Å². The minimum atomic E-state index is -0.920. The maximum Gasteiger partial charge on any atom is 0.357 e. The van der Waals surface area contributed by atoms with Crippen molar-refractivity contribution < 1.29 is 15.2 Å². The van der Waals surface area contributed by atoms with Crippen molar-refractivity contribution in [1.82, 2.24) is 15.2 Å². The van der Waals surface area contributed by atoms with Gasteiger partial charge in [-0.15, -0.1) is 0 Å². The van der Waals surface area contributed by atoms with Crippen LogP contribution in [0.4, 0.5) is 0 Å². The van der Waals surface area contributed by atoms with E-state index >= 15 is 0 Å². The molecule has 2 heterocycles. The molecular weight excluding hydrogens is 697 g/mol. The molecule has 2 radical (unpaired) electrons. The van der Waals surface area contributed by atoms with Gasteiger partial charge in [-0.3, -0.25) is 0 Å². The molecule has 0 aliphatic carbocycles. The van der Waals surface area contributed by atoms with E-state index in [2.05, 4.69) is 48.5 Å². The minimum Gasteiger partial charge on any atom is -0.757 e. The summed E-state index contributed by atoms with van der Waals surface area (Å²) in [5.74, 6) is 0.222. The summed E-state index contributed by atoms with van der Waals surface area (Å²) < 4.78 is 0.855. The first-order valence-corrected chi connectivity index (χ1v) is 19.1. The Morgan fingerprint density at radius 2 is 0.821 bits per heavy atom. The molecule has 0 spiro atoms. The molecule has 2 aliphatic rings. The second kappa shape index (κ2) is 11.9. The van der Waals surface area contributed by atoms with Gasteiger partial charge in [0.1, 0.15) is 5.82 Å². The van der Waals surface area contributed by atoms with Gasteiger partial charge in [0.25, 0.3) is 0 Å². The van der Waals surface area contributed by atoms with Crippen molar-refractivity contribution in [3.8, 4) is 0 Å². The van der Waals surface area contributed by atoms with Crippen LogP contribution in [0.15, 0.2) is 121 Å². The van der Waals surface area contributed by atoms with Crippen LogP contribution in [-0.2, 0) is 10.4 Å². The molecule has 0 saturated carbocycles. The zero-order valence-corrected chi connectivity index (χ0v) is 33.0. The standard InChI is InChI=1S/C48H44N4O4/c1-45(2)46(3,4)50(54)43(49(45)53)31-21-17-29(18-22-31)41-37-25-33-13-9-11-15-35(33)27-39(37)42(40-28-36-16-12-10-14-34(36)26-38(40)41)30-19-23-32(24-20-30)44-51(55)47(5,6)48(7,8)52(44)56/h9-28H,1-8H3. The van der Waals surface area contributed by atoms with Gasteiger partial charge in [0.05, 0.1) is 16.3 Å². The summed E-state index contributed by atoms with van der Waals surface area (Å²) in [4.78, 5) is 13.6. The summed E-state index contributed by atoms with van der Waals surface area (Å²) in [5, 5.41) is 57.0. The quantitative estimate of drug-likeness (QED) is 0.114. The zero-order valence-electron chi connectivity index (χ0n) is 33.0. The molecule has 0 N–H and O–H groups in total. The summed E-state index contributed by atoms with van der Waals surface area (Å²) in [7, 11) is 0. The Morgan fingerprint density at radius 1 is 0.464 bits per heavy atom. The van der Waals surface area contributed by atoms with Gasteiger partial charge in [0, 0.05) is 10.4 Å². The normalized spacial score (nSPS) is 18.7. The summed E-state index contributed by atoms with van der Waals surface area (Å²) in [6.45, 7) is 14.4. The van der Waals surface area contributed by atoms with Crippen LogP contribution in [0.5, 0.6) is 0 Å². The SMILES string of the molecule is CC1(C)N([O])C(=c2ccc(=c3c4cc5ccccc5cc4c(=c4ccc(=C5N([O])C(C)(C)C(C)(C)[N+]5=O)cc4)c4cc5ccccc5cc34)cc2)N([O-])C1(C)C. The monoisotopic (exact) mass is 740 g/mol. The van der Waals surface area contributed by atoms with Gasteiger partial charge in [0.15, 0.2) is 11.1 Å². The third-order valence-corrected chi connectivity index (χ3v) is 13.5. The maximum absolute atomic E-state index is 13.6. The molecule has 8 nitrogen and oxygen atoms in total. The highest BCUT2D eigenvalue weighted by atomic mass is 16.6. The van der Waals surface area contributed by atoms with Gasteiger partial charge in [-0.05, 0) is 161 Å². The lowest BCUT2D eigenvalue weighted by Gasteiger charge is -2.43. The fourth-order valence-electron chi connectivity index (χ4n) is 8.48. The molecule has 0 unspecified atom stereocenters. The van der Waals surface area contributed by atoms with E-state index in [0.717, 1.165) is 83.9 Å². The van der Waals surface area contributed by atoms with Crippen LogP contribution in [0.2, 0.25) is 0 Å². The van der Waals surface area contributed by atoms with Gasteiger partial charge in [-0.25, -0.2) is 0 Å². The number of hydrogen-bond donors (Lipinski definition) is 0. The van der Waals surface area contributed by atoms with E-state index in [0.29, 0.717) is 10.4 Å². The lowest BCUT2D eigenvalue weighted by atomic mass is 9.84. The van der Waals surface area contributed by atoms with E-state index in [9.17, 15) is 20.5 Å². The smallest absolute Gasteiger partial charge is 0.357 e. The highest BCUT2D eigenvalue weighted by Gasteiger charge is 2.65. The van der Waals surface area contributed by atoms with Crippen LogP contribution in [-0.4, -0.2) is 42.1 Å². The summed E-state index contributed by atoms with van der Waals surface area (Å²) in [5.41, 5.74) is -3.68. The van der Waals surface area contributed by atoms with E-state index in [-0.39, 0.29) is 11.6 Å². The Labute approximate surface area is 324 Å². The Morgan fingerprint density at radius 3 is 1.14 bits per heavy atom. The molecule has 2 aliphatic heterocycles. The molecule has 0 atom stereocenters. The van der Waals surface area contributed by atoms with E-state index in [1.54, 1.807) is 55.4 Å². The average Bonchev–Trinajstić information content (AvgIpc) is 3.38. The number of nitrogens with zero attached hydrogens (tertiary/aromatic N) is 4. The molecule has 9 rings (SSSR count). The largest absolute Gasteiger partial charge is 0.757 e.